The van der Waals surface area contributed by atoms with Crippen molar-refractivity contribution < 1.29 is 8.76 Å². The third-order valence-corrected chi connectivity index (χ3v) is 5.66. The second kappa shape index (κ2) is 7.49. The van der Waals surface area contributed by atoms with Crippen LogP contribution in [-0.2, 0) is 23.8 Å². The fourth-order valence-electron chi connectivity index (χ4n) is 3.48. The van der Waals surface area contributed by atoms with Crippen LogP contribution >= 0.6 is 7.65 Å². The van der Waals surface area contributed by atoms with Crippen LogP contribution in [0.15, 0.2) is 34.5 Å². The molecule has 0 saturated carbocycles. The molecule has 1 heterocycles. The minimum Gasteiger partial charge on any atom is -0.249 e. The maximum absolute atomic E-state index is 12.7. The van der Waals surface area contributed by atoms with Crippen molar-refractivity contribution in [2.75, 3.05) is 0 Å². The Morgan fingerprint density at radius 1 is 0.833 bits per heavy atom. The molecule has 126 valence electrons. The van der Waals surface area contributed by atoms with Crippen LogP contribution in [0.4, 0.5) is 0 Å². The number of aryl methyl sites for hydroxylation is 3. The molecule has 2 nitrogen and oxygen atoms in total. The lowest BCUT2D eigenvalue weighted by molar-refractivity contribution is 0.562. The van der Waals surface area contributed by atoms with Gasteiger partial charge in [-0.25, -0.2) is 4.20 Å². The highest BCUT2D eigenvalue weighted by atomic mass is 31.1. The Morgan fingerprint density at radius 3 is 2.25 bits per heavy atom. The molecule has 0 aliphatic rings. The van der Waals surface area contributed by atoms with Gasteiger partial charge in [-0.3, -0.25) is 0 Å². The average molecular weight is 341 g/mol. The molecule has 1 atom stereocenters. The van der Waals surface area contributed by atoms with E-state index in [4.69, 9.17) is 4.20 Å². The summed E-state index contributed by atoms with van der Waals surface area (Å²) in [5.74, 6) is 0. The van der Waals surface area contributed by atoms with Crippen molar-refractivity contribution >= 4 is 29.1 Å². The average Bonchev–Trinajstić information content (AvgIpc) is 2.57. The molecule has 3 heteroatoms. The van der Waals surface area contributed by atoms with E-state index >= 15 is 0 Å². The van der Waals surface area contributed by atoms with Gasteiger partial charge in [-0.15, -0.1) is 0 Å². The highest BCUT2D eigenvalue weighted by Gasteiger charge is 2.20. The fourth-order valence-corrected chi connectivity index (χ4v) is 4.63. The number of hydrogen-bond acceptors (Lipinski definition) is 2. The van der Waals surface area contributed by atoms with E-state index in [0.717, 1.165) is 60.0 Å². The maximum atomic E-state index is 12.7. The second-order valence-corrected chi connectivity index (χ2v) is 7.76. The molecule has 3 rings (SSSR count). The second-order valence-electron chi connectivity index (χ2n) is 6.58. The Labute approximate surface area is 144 Å². The first kappa shape index (κ1) is 17.2. The van der Waals surface area contributed by atoms with Gasteiger partial charge >= 0.3 is 7.65 Å². The van der Waals surface area contributed by atoms with Gasteiger partial charge in [0.2, 0.25) is 5.12 Å². The molecular weight excluding hydrogens is 315 g/mol. The Morgan fingerprint density at radius 2 is 1.54 bits per heavy atom. The van der Waals surface area contributed by atoms with Gasteiger partial charge in [-0.2, -0.15) is 0 Å². The molecule has 3 aromatic rings. The zero-order chi connectivity index (χ0) is 17.1. The van der Waals surface area contributed by atoms with Crippen molar-refractivity contribution in [3.8, 4) is 0 Å². The zero-order valence-electron chi connectivity index (χ0n) is 14.9. The van der Waals surface area contributed by atoms with Gasteiger partial charge in [-0.05, 0) is 53.2 Å². The first-order valence-electron chi connectivity index (χ1n) is 9.12. The molecule has 2 aromatic carbocycles. The lowest BCUT2D eigenvalue weighted by atomic mass is 9.98. The van der Waals surface area contributed by atoms with Gasteiger partial charge in [0, 0.05) is 16.3 Å². The van der Waals surface area contributed by atoms with Crippen LogP contribution in [0.25, 0.3) is 21.5 Å². The predicted octanol–water partition coefficient (Wildman–Crippen LogP) is 7.19. The highest BCUT2D eigenvalue weighted by Crippen LogP contribution is 2.38. The van der Waals surface area contributed by atoms with Crippen LogP contribution in [0.3, 0.4) is 0 Å². The summed E-state index contributed by atoms with van der Waals surface area (Å²) in [7, 11) is -1.82. The molecule has 1 aromatic heterocycles. The third kappa shape index (κ3) is 3.26. The molecule has 0 N–H and O–H groups in total. The monoisotopic (exact) mass is 341 g/mol. The van der Waals surface area contributed by atoms with E-state index in [1.165, 1.54) is 16.7 Å². The molecular formula is C21H26O2P+. The number of rotatable bonds is 6. The molecule has 24 heavy (non-hydrogen) atoms. The van der Waals surface area contributed by atoms with Gasteiger partial charge in [-0.1, -0.05) is 52.2 Å². The van der Waals surface area contributed by atoms with Crippen LogP contribution in [0, 0.1) is 0 Å². The molecule has 0 saturated heterocycles. The number of benzene rings is 2. The number of hydrogen-bond donors (Lipinski definition) is 0. The van der Waals surface area contributed by atoms with E-state index in [-0.39, 0.29) is 0 Å². The third-order valence-electron chi connectivity index (χ3n) is 4.55. The summed E-state index contributed by atoms with van der Waals surface area (Å²) >= 11 is 0. The summed E-state index contributed by atoms with van der Waals surface area (Å²) in [6, 6.07) is 10.9. The van der Waals surface area contributed by atoms with Crippen molar-refractivity contribution in [1.29, 1.82) is 0 Å². The Bertz CT molecular complexity index is 924. The van der Waals surface area contributed by atoms with Crippen molar-refractivity contribution in [1.82, 2.24) is 0 Å². The summed E-state index contributed by atoms with van der Waals surface area (Å²) in [6.07, 6.45) is 6.33. The van der Waals surface area contributed by atoms with Crippen LogP contribution in [0.2, 0.25) is 0 Å². The number of fused-ring (bicyclic) bond motifs is 3. The molecule has 0 aliphatic carbocycles. The van der Waals surface area contributed by atoms with Crippen molar-refractivity contribution in [2.45, 2.75) is 59.3 Å². The molecule has 0 fully saturated rings. The Balaban J connectivity index is 2.33. The van der Waals surface area contributed by atoms with E-state index < -0.39 is 7.65 Å². The van der Waals surface area contributed by atoms with Crippen molar-refractivity contribution in [2.24, 2.45) is 0 Å². The quantitative estimate of drug-likeness (QED) is 0.444. The summed E-state index contributed by atoms with van der Waals surface area (Å²) in [5, 5.41) is 3.07. The highest BCUT2D eigenvalue weighted by molar-refractivity contribution is 7.37. The molecule has 0 aliphatic heterocycles. The van der Waals surface area contributed by atoms with Crippen LogP contribution in [0.1, 0.15) is 56.7 Å². The molecule has 1 unspecified atom stereocenters. The Hall–Kier alpha value is -1.66. The smallest absolute Gasteiger partial charge is 0.249 e. The molecule has 0 radical (unpaired) electrons. The topological polar surface area (TPSA) is 30.2 Å². The van der Waals surface area contributed by atoms with Gasteiger partial charge in [0.1, 0.15) is 0 Å². The summed E-state index contributed by atoms with van der Waals surface area (Å²) in [4.78, 5) is 0. The van der Waals surface area contributed by atoms with Crippen molar-refractivity contribution in [3.05, 3.63) is 47.0 Å². The summed E-state index contributed by atoms with van der Waals surface area (Å²) < 4.78 is 18.6. The predicted molar refractivity (Wildman–Crippen MR) is 103 cm³/mol. The Kier molecular flexibility index (Phi) is 5.36. The SMILES string of the molecule is CCCc1cc(CCC)c2o[p+](=O)c3cc(CCC)ccc3c2c1. The summed E-state index contributed by atoms with van der Waals surface area (Å²) in [6.45, 7) is 6.54. The van der Waals surface area contributed by atoms with E-state index in [1.807, 2.05) is 0 Å². The fraction of sp³-hybridized carbons (Fsp3) is 0.429. The first-order chi connectivity index (χ1) is 11.7. The van der Waals surface area contributed by atoms with Gasteiger partial charge < -0.3 is 0 Å². The zero-order valence-corrected chi connectivity index (χ0v) is 15.8. The van der Waals surface area contributed by atoms with Crippen LogP contribution in [0.5, 0.6) is 0 Å². The minimum absolute atomic E-state index is 0.841. The van der Waals surface area contributed by atoms with Gasteiger partial charge in [0.05, 0.1) is 0 Å². The van der Waals surface area contributed by atoms with E-state index in [0.29, 0.717) is 0 Å². The minimum atomic E-state index is -1.82. The molecule has 0 amide bonds. The van der Waals surface area contributed by atoms with E-state index in [9.17, 15) is 4.57 Å². The van der Waals surface area contributed by atoms with Crippen molar-refractivity contribution in [3.63, 3.8) is 0 Å². The lowest BCUT2D eigenvalue weighted by Gasteiger charge is -2.08. The first-order valence-corrected chi connectivity index (χ1v) is 10.3. The van der Waals surface area contributed by atoms with Crippen LogP contribution < -0.4 is 0 Å². The maximum Gasteiger partial charge on any atom is 0.597 e. The molecule has 0 spiro atoms. The standard InChI is InChI=1S/C21H26O2P/c1-4-7-15-10-11-18-19-13-16(8-5-2)12-17(9-6-3)21(19)23-24(22)20(18)14-15/h10-14H,4-9H2,1-3H3/q+1. The van der Waals surface area contributed by atoms with E-state index in [1.54, 1.807) is 0 Å². The largest absolute Gasteiger partial charge is 0.597 e. The van der Waals surface area contributed by atoms with Crippen LogP contribution in [-0.4, -0.2) is 0 Å². The van der Waals surface area contributed by atoms with E-state index in [2.05, 4.69) is 51.1 Å². The normalized spacial score (nSPS) is 12.2. The van der Waals surface area contributed by atoms with Gasteiger partial charge in [0.25, 0.3) is 0 Å². The van der Waals surface area contributed by atoms with Gasteiger partial charge in [0.15, 0.2) is 5.58 Å². The summed E-state index contributed by atoms with van der Waals surface area (Å²) in [5.41, 5.74) is 4.63. The molecule has 0 bridgehead atoms. The lowest BCUT2D eigenvalue weighted by Crippen LogP contribution is -1.92.